The van der Waals surface area contributed by atoms with Gasteiger partial charge in [-0.3, -0.25) is 9.78 Å². The molecule has 1 aliphatic rings. The van der Waals surface area contributed by atoms with Crippen molar-refractivity contribution in [1.82, 2.24) is 9.88 Å². The molecule has 0 unspecified atom stereocenters. The van der Waals surface area contributed by atoms with Gasteiger partial charge >= 0.3 is 0 Å². The second-order valence-electron chi connectivity index (χ2n) is 5.77. The van der Waals surface area contributed by atoms with Crippen molar-refractivity contribution < 1.29 is 4.79 Å². The van der Waals surface area contributed by atoms with Crippen LogP contribution in [0.25, 0.3) is 0 Å². The summed E-state index contributed by atoms with van der Waals surface area (Å²) in [6, 6.07) is 8.72. The van der Waals surface area contributed by atoms with Gasteiger partial charge in [0.2, 0.25) is 0 Å². The Bertz CT molecular complexity index is 745. The molecule has 5 nitrogen and oxygen atoms in total. The fraction of sp³-hybridized carbons (Fsp3) is 0.294. The third-order valence-corrected chi connectivity index (χ3v) is 4.76. The van der Waals surface area contributed by atoms with Gasteiger partial charge < -0.3 is 15.1 Å². The Morgan fingerprint density at radius 3 is 2.54 bits per heavy atom. The Morgan fingerprint density at radius 2 is 1.83 bits per heavy atom. The summed E-state index contributed by atoms with van der Waals surface area (Å²) in [5.41, 5.74) is 1.97. The summed E-state index contributed by atoms with van der Waals surface area (Å²) in [6.07, 6.45) is 1.66. The molecular formula is C17H18Cl2N4O. The SMILES string of the molecule is CN1CCN(c2ccnc(C(=O)Nc3ccc(Cl)c(Cl)c3)c2)CC1. The first-order valence-corrected chi connectivity index (χ1v) is 8.44. The van der Waals surface area contributed by atoms with Gasteiger partial charge in [-0.05, 0) is 37.4 Å². The van der Waals surface area contributed by atoms with E-state index < -0.39 is 0 Å². The quantitative estimate of drug-likeness (QED) is 0.906. The van der Waals surface area contributed by atoms with Crippen LogP contribution in [0.5, 0.6) is 0 Å². The Kier molecular flexibility index (Phi) is 5.23. The highest BCUT2D eigenvalue weighted by atomic mass is 35.5. The third kappa shape index (κ3) is 3.98. The molecule has 1 saturated heterocycles. The van der Waals surface area contributed by atoms with Crippen LogP contribution >= 0.6 is 23.2 Å². The highest BCUT2D eigenvalue weighted by Gasteiger charge is 2.16. The number of nitrogens with zero attached hydrogens (tertiary/aromatic N) is 3. The van der Waals surface area contributed by atoms with Gasteiger partial charge in [0.1, 0.15) is 5.69 Å². The molecule has 1 aliphatic heterocycles. The van der Waals surface area contributed by atoms with Crippen LogP contribution in [-0.2, 0) is 0 Å². The van der Waals surface area contributed by atoms with Crippen LogP contribution in [0.3, 0.4) is 0 Å². The molecule has 1 aromatic heterocycles. The average molecular weight is 365 g/mol. The maximum Gasteiger partial charge on any atom is 0.274 e. The minimum absolute atomic E-state index is 0.274. The van der Waals surface area contributed by atoms with Crippen molar-refractivity contribution >= 4 is 40.5 Å². The molecule has 1 fully saturated rings. The lowest BCUT2D eigenvalue weighted by atomic mass is 10.2. The van der Waals surface area contributed by atoms with E-state index in [0.29, 0.717) is 21.4 Å². The zero-order valence-electron chi connectivity index (χ0n) is 13.3. The summed E-state index contributed by atoms with van der Waals surface area (Å²) < 4.78 is 0. The predicted octanol–water partition coefficient (Wildman–Crippen LogP) is 3.39. The smallest absolute Gasteiger partial charge is 0.274 e. The highest BCUT2D eigenvalue weighted by Crippen LogP contribution is 2.25. The molecule has 3 rings (SSSR count). The van der Waals surface area contributed by atoms with E-state index in [1.165, 1.54) is 0 Å². The molecule has 7 heteroatoms. The van der Waals surface area contributed by atoms with E-state index in [0.717, 1.165) is 31.9 Å². The summed E-state index contributed by atoms with van der Waals surface area (Å²) in [6.45, 7) is 3.89. The molecule has 0 bridgehead atoms. The fourth-order valence-corrected chi connectivity index (χ4v) is 2.87. The van der Waals surface area contributed by atoms with Gasteiger partial charge in [0, 0.05) is 43.8 Å². The second-order valence-corrected chi connectivity index (χ2v) is 6.59. The second kappa shape index (κ2) is 7.38. The first-order chi connectivity index (χ1) is 11.5. The molecule has 0 atom stereocenters. The van der Waals surface area contributed by atoms with Gasteiger partial charge in [-0.1, -0.05) is 23.2 Å². The predicted molar refractivity (Wildman–Crippen MR) is 98.4 cm³/mol. The number of pyridine rings is 1. The summed E-state index contributed by atoms with van der Waals surface area (Å²) >= 11 is 11.9. The van der Waals surface area contributed by atoms with Gasteiger partial charge in [0.05, 0.1) is 10.0 Å². The lowest BCUT2D eigenvalue weighted by molar-refractivity contribution is 0.102. The summed E-state index contributed by atoms with van der Waals surface area (Å²) in [5, 5.41) is 3.64. The first kappa shape index (κ1) is 17.0. The largest absolute Gasteiger partial charge is 0.369 e. The monoisotopic (exact) mass is 364 g/mol. The number of rotatable bonds is 3. The number of hydrogen-bond donors (Lipinski definition) is 1. The van der Waals surface area contributed by atoms with Crippen LogP contribution in [-0.4, -0.2) is 49.0 Å². The zero-order chi connectivity index (χ0) is 17.1. The molecule has 2 heterocycles. The van der Waals surface area contributed by atoms with E-state index in [-0.39, 0.29) is 5.91 Å². The summed E-state index contributed by atoms with van der Waals surface area (Å²) in [7, 11) is 2.11. The van der Waals surface area contributed by atoms with Crippen molar-refractivity contribution in [2.75, 3.05) is 43.4 Å². The number of likely N-dealkylation sites (N-methyl/N-ethyl adjacent to an activating group) is 1. The lowest BCUT2D eigenvalue weighted by Gasteiger charge is -2.34. The van der Waals surface area contributed by atoms with Crippen LogP contribution in [0.15, 0.2) is 36.5 Å². The topological polar surface area (TPSA) is 48.5 Å². The van der Waals surface area contributed by atoms with Gasteiger partial charge in [-0.15, -0.1) is 0 Å². The van der Waals surface area contributed by atoms with Gasteiger partial charge in [-0.2, -0.15) is 0 Å². The molecule has 1 amide bonds. The first-order valence-electron chi connectivity index (χ1n) is 7.69. The molecule has 2 aromatic rings. The molecule has 1 aromatic carbocycles. The average Bonchev–Trinajstić information content (AvgIpc) is 2.59. The van der Waals surface area contributed by atoms with Crippen molar-refractivity contribution in [2.24, 2.45) is 0 Å². The van der Waals surface area contributed by atoms with Crippen LogP contribution in [0.4, 0.5) is 11.4 Å². The minimum Gasteiger partial charge on any atom is -0.369 e. The van der Waals surface area contributed by atoms with Crippen molar-refractivity contribution in [3.05, 3.63) is 52.3 Å². The van der Waals surface area contributed by atoms with Crippen molar-refractivity contribution in [1.29, 1.82) is 0 Å². The number of hydrogen-bond acceptors (Lipinski definition) is 4. The molecular weight excluding hydrogens is 347 g/mol. The third-order valence-electron chi connectivity index (χ3n) is 4.02. The van der Waals surface area contributed by atoms with E-state index in [9.17, 15) is 4.79 Å². The molecule has 24 heavy (non-hydrogen) atoms. The number of aromatic nitrogens is 1. The van der Waals surface area contributed by atoms with Crippen LogP contribution in [0, 0.1) is 0 Å². The summed E-state index contributed by atoms with van der Waals surface area (Å²) in [5.74, 6) is -0.274. The lowest BCUT2D eigenvalue weighted by Crippen LogP contribution is -2.44. The highest BCUT2D eigenvalue weighted by molar-refractivity contribution is 6.42. The van der Waals surface area contributed by atoms with E-state index in [4.69, 9.17) is 23.2 Å². The number of nitrogens with one attached hydrogen (secondary N) is 1. The van der Waals surface area contributed by atoms with Crippen molar-refractivity contribution in [3.8, 4) is 0 Å². The number of benzene rings is 1. The van der Waals surface area contributed by atoms with Gasteiger partial charge in [0.25, 0.3) is 5.91 Å². The van der Waals surface area contributed by atoms with E-state index in [2.05, 4.69) is 27.1 Å². The molecule has 0 radical (unpaired) electrons. The fourth-order valence-electron chi connectivity index (χ4n) is 2.57. The standard InChI is InChI=1S/C17H18Cl2N4O/c1-22-6-8-23(9-7-22)13-4-5-20-16(11-13)17(24)21-12-2-3-14(18)15(19)10-12/h2-5,10-11H,6-9H2,1H3,(H,21,24). The Morgan fingerprint density at radius 1 is 1.08 bits per heavy atom. The van der Waals surface area contributed by atoms with E-state index >= 15 is 0 Å². The van der Waals surface area contributed by atoms with E-state index in [1.807, 2.05) is 12.1 Å². The number of carbonyl (C=O) groups is 1. The minimum atomic E-state index is -0.274. The number of anilines is 2. The van der Waals surface area contributed by atoms with Crippen LogP contribution in [0.1, 0.15) is 10.5 Å². The molecule has 0 aliphatic carbocycles. The maximum absolute atomic E-state index is 12.4. The molecule has 126 valence electrons. The molecule has 0 saturated carbocycles. The maximum atomic E-state index is 12.4. The number of amides is 1. The molecule has 1 N–H and O–H groups in total. The van der Waals surface area contributed by atoms with Crippen molar-refractivity contribution in [2.45, 2.75) is 0 Å². The van der Waals surface area contributed by atoms with Crippen LogP contribution in [0.2, 0.25) is 10.0 Å². The Labute approximate surface area is 151 Å². The normalized spacial score (nSPS) is 15.4. The zero-order valence-corrected chi connectivity index (χ0v) is 14.8. The Hall–Kier alpha value is -1.82. The number of carbonyl (C=O) groups excluding carboxylic acids is 1. The summed E-state index contributed by atoms with van der Waals surface area (Å²) in [4.78, 5) is 21.1. The van der Waals surface area contributed by atoms with Crippen LogP contribution < -0.4 is 10.2 Å². The van der Waals surface area contributed by atoms with Gasteiger partial charge in [-0.25, -0.2) is 0 Å². The number of halogens is 2. The molecule has 0 spiro atoms. The van der Waals surface area contributed by atoms with E-state index in [1.54, 1.807) is 24.4 Å². The Balaban J connectivity index is 1.73. The van der Waals surface area contributed by atoms with Gasteiger partial charge in [0.15, 0.2) is 0 Å². The van der Waals surface area contributed by atoms with Crippen molar-refractivity contribution in [3.63, 3.8) is 0 Å². The number of piperazine rings is 1.